The molecule has 0 bridgehead atoms. The van der Waals surface area contributed by atoms with Crippen LogP contribution in [-0.4, -0.2) is 54.2 Å². The monoisotopic (exact) mass is 462 g/mol. The van der Waals surface area contributed by atoms with Gasteiger partial charge in [0.2, 0.25) is 11.8 Å². The van der Waals surface area contributed by atoms with Gasteiger partial charge in [0.25, 0.3) is 5.91 Å². The van der Waals surface area contributed by atoms with Gasteiger partial charge in [-0.05, 0) is 25.2 Å². The molecule has 3 amide bonds. The Bertz CT molecular complexity index is 854. The molecule has 2 heterocycles. The Hall–Kier alpha value is -2.96. The van der Waals surface area contributed by atoms with Gasteiger partial charge in [-0.15, -0.1) is 13.2 Å². The lowest BCUT2D eigenvalue weighted by Crippen LogP contribution is -2.47. The standard InChI is InChI=1S/C19H25F3N4O6/c1-9(2)5-11(12-7-32-26-15(12)16(23)28)18(30)25-13(6-10-3-4-24-17(10)29)14(27)8-31-19(20,21)22/h7,9-11,13H,3-6,8H2,1-2H3,(H2,23,28)(H,24,29)(H,25,30)/t10-,11-,13-/m0/s1. The van der Waals surface area contributed by atoms with Crippen LogP contribution >= 0.6 is 0 Å². The van der Waals surface area contributed by atoms with Crippen LogP contribution in [0.4, 0.5) is 13.2 Å². The third-order valence-electron chi connectivity index (χ3n) is 5.00. The number of aromatic nitrogens is 1. The molecule has 0 spiro atoms. The van der Waals surface area contributed by atoms with E-state index in [2.05, 4.69) is 20.5 Å². The largest absolute Gasteiger partial charge is 0.522 e. The van der Waals surface area contributed by atoms with E-state index in [9.17, 15) is 32.3 Å². The summed E-state index contributed by atoms with van der Waals surface area (Å²) in [5.74, 6) is -4.79. The van der Waals surface area contributed by atoms with Crippen LogP contribution in [-0.2, 0) is 19.1 Å². The predicted octanol–water partition coefficient (Wildman–Crippen LogP) is 1.02. The smallest absolute Gasteiger partial charge is 0.364 e. The van der Waals surface area contributed by atoms with E-state index in [0.29, 0.717) is 13.0 Å². The first-order valence-corrected chi connectivity index (χ1v) is 9.94. The molecule has 0 saturated carbocycles. The summed E-state index contributed by atoms with van der Waals surface area (Å²) in [6.07, 6.45) is -3.57. The van der Waals surface area contributed by atoms with Gasteiger partial charge in [-0.25, -0.2) is 0 Å². The van der Waals surface area contributed by atoms with Crippen LogP contribution in [0, 0.1) is 11.8 Å². The Kier molecular flexibility index (Phi) is 8.36. The van der Waals surface area contributed by atoms with E-state index in [1.807, 2.05) is 0 Å². The zero-order valence-electron chi connectivity index (χ0n) is 17.5. The summed E-state index contributed by atoms with van der Waals surface area (Å²) in [6, 6.07) is -1.41. The second-order valence-electron chi connectivity index (χ2n) is 7.94. The third kappa shape index (κ3) is 7.04. The van der Waals surface area contributed by atoms with E-state index in [0.717, 1.165) is 6.26 Å². The predicted molar refractivity (Wildman–Crippen MR) is 102 cm³/mol. The first kappa shape index (κ1) is 25.3. The average molecular weight is 462 g/mol. The SMILES string of the molecule is CC(C)C[C@H](C(=O)N[C@@H](C[C@@H]1CCNC1=O)C(=O)COC(F)(F)F)c1conc1C(N)=O. The molecular weight excluding hydrogens is 437 g/mol. The van der Waals surface area contributed by atoms with Crippen LogP contribution in [0.2, 0.25) is 0 Å². The van der Waals surface area contributed by atoms with Crippen molar-refractivity contribution >= 4 is 23.5 Å². The minimum atomic E-state index is -5.03. The van der Waals surface area contributed by atoms with Crippen molar-refractivity contribution in [3.63, 3.8) is 0 Å². The van der Waals surface area contributed by atoms with E-state index in [4.69, 9.17) is 10.3 Å². The first-order valence-electron chi connectivity index (χ1n) is 9.94. The summed E-state index contributed by atoms with van der Waals surface area (Å²) in [5, 5.41) is 8.49. The molecule has 1 aromatic rings. The fraction of sp³-hybridized carbons (Fsp3) is 0.632. The highest BCUT2D eigenvalue weighted by Crippen LogP contribution is 2.28. The van der Waals surface area contributed by atoms with Crippen molar-refractivity contribution in [1.82, 2.24) is 15.8 Å². The molecular formula is C19H25F3N4O6. The lowest BCUT2D eigenvalue weighted by atomic mass is 9.88. The maximum absolute atomic E-state index is 13.1. The second-order valence-corrected chi connectivity index (χ2v) is 7.94. The van der Waals surface area contributed by atoms with Crippen molar-refractivity contribution < 1.29 is 41.6 Å². The number of ether oxygens (including phenoxy) is 1. The zero-order valence-corrected chi connectivity index (χ0v) is 17.5. The quantitative estimate of drug-likeness (QED) is 0.444. The number of hydrogen-bond donors (Lipinski definition) is 3. The number of halogens is 3. The van der Waals surface area contributed by atoms with Gasteiger partial charge in [0.1, 0.15) is 12.9 Å². The van der Waals surface area contributed by atoms with Gasteiger partial charge >= 0.3 is 6.36 Å². The number of rotatable bonds is 11. The van der Waals surface area contributed by atoms with Crippen molar-refractivity contribution in [2.75, 3.05) is 13.2 Å². The van der Waals surface area contributed by atoms with Crippen LogP contribution in [0.25, 0.3) is 0 Å². The number of hydrogen-bond acceptors (Lipinski definition) is 7. The van der Waals surface area contributed by atoms with E-state index in [-0.39, 0.29) is 35.9 Å². The second kappa shape index (κ2) is 10.6. The number of nitrogens with one attached hydrogen (secondary N) is 2. The number of Topliss-reactive ketones (excluding diaryl/α,β-unsaturated/α-hetero) is 1. The van der Waals surface area contributed by atoms with Crippen LogP contribution < -0.4 is 16.4 Å². The number of nitrogens with two attached hydrogens (primary N) is 1. The molecule has 1 saturated heterocycles. The lowest BCUT2D eigenvalue weighted by molar-refractivity contribution is -0.321. The normalized spacial score (nSPS) is 18.3. The molecule has 0 radical (unpaired) electrons. The summed E-state index contributed by atoms with van der Waals surface area (Å²) in [6.45, 7) is 2.65. The summed E-state index contributed by atoms with van der Waals surface area (Å²) < 4.78 is 45.6. The Balaban J connectivity index is 2.25. The number of alkyl halides is 3. The summed E-state index contributed by atoms with van der Waals surface area (Å²) in [5.41, 5.74) is 5.10. The molecule has 0 aliphatic carbocycles. The fourth-order valence-electron chi connectivity index (χ4n) is 3.48. The van der Waals surface area contributed by atoms with E-state index in [1.165, 1.54) is 0 Å². The number of primary amides is 1. The molecule has 10 nitrogen and oxygen atoms in total. The Morgan fingerprint density at radius 3 is 2.59 bits per heavy atom. The maximum Gasteiger partial charge on any atom is 0.522 e. The molecule has 4 N–H and O–H groups in total. The molecule has 3 atom stereocenters. The van der Waals surface area contributed by atoms with Crippen molar-refractivity contribution in [3.8, 4) is 0 Å². The van der Waals surface area contributed by atoms with Gasteiger partial charge < -0.3 is 20.9 Å². The minimum Gasteiger partial charge on any atom is -0.364 e. The lowest BCUT2D eigenvalue weighted by Gasteiger charge is -2.24. The van der Waals surface area contributed by atoms with Gasteiger partial charge in [0.05, 0.1) is 12.0 Å². The topological polar surface area (TPSA) is 154 Å². The van der Waals surface area contributed by atoms with Crippen molar-refractivity contribution in [3.05, 3.63) is 17.5 Å². The van der Waals surface area contributed by atoms with E-state index < -0.39 is 48.4 Å². The average Bonchev–Trinajstić information content (AvgIpc) is 3.32. The molecule has 0 unspecified atom stereocenters. The molecule has 1 fully saturated rings. The summed E-state index contributed by atoms with van der Waals surface area (Å²) in [4.78, 5) is 49.0. The highest BCUT2D eigenvalue weighted by atomic mass is 19.4. The molecule has 0 aromatic carbocycles. The van der Waals surface area contributed by atoms with Crippen LogP contribution in [0.15, 0.2) is 10.8 Å². The van der Waals surface area contributed by atoms with Crippen molar-refractivity contribution in [1.29, 1.82) is 0 Å². The highest BCUT2D eigenvalue weighted by molar-refractivity contribution is 5.96. The van der Waals surface area contributed by atoms with E-state index in [1.54, 1.807) is 13.8 Å². The third-order valence-corrected chi connectivity index (χ3v) is 5.00. The molecule has 32 heavy (non-hydrogen) atoms. The first-order chi connectivity index (χ1) is 14.9. The Labute approximate surface area is 181 Å². The van der Waals surface area contributed by atoms with Gasteiger partial charge in [-0.1, -0.05) is 19.0 Å². The van der Waals surface area contributed by atoms with Crippen LogP contribution in [0.1, 0.15) is 55.1 Å². The molecule has 1 aliphatic heterocycles. The Morgan fingerprint density at radius 2 is 2.06 bits per heavy atom. The van der Waals surface area contributed by atoms with Crippen LogP contribution in [0.3, 0.4) is 0 Å². The number of ketones is 1. The summed E-state index contributed by atoms with van der Waals surface area (Å²) in [7, 11) is 0. The molecule has 13 heteroatoms. The summed E-state index contributed by atoms with van der Waals surface area (Å²) >= 11 is 0. The van der Waals surface area contributed by atoms with Crippen LogP contribution in [0.5, 0.6) is 0 Å². The Morgan fingerprint density at radius 1 is 1.38 bits per heavy atom. The molecule has 2 rings (SSSR count). The van der Waals surface area contributed by atoms with E-state index >= 15 is 0 Å². The molecule has 1 aliphatic rings. The number of carbonyl (C=O) groups is 4. The van der Waals surface area contributed by atoms with Gasteiger partial charge in [0, 0.05) is 18.0 Å². The number of nitrogens with zero attached hydrogens (tertiary/aromatic N) is 1. The van der Waals surface area contributed by atoms with Gasteiger partial charge in [-0.3, -0.25) is 23.9 Å². The molecule has 1 aromatic heterocycles. The van der Waals surface area contributed by atoms with Crippen molar-refractivity contribution in [2.45, 2.75) is 51.4 Å². The number of carbonyl (C=O) groups excluding carboxylic acids is 4. The molecule has 178 valence electrons. The van der Waals surface area contributed by atoms with Crippen molar-refractivity contribution in [2.24, 2.45) is 17.6 Å². The minimum absolute atomic E-state index is 0.0512. The highest BCUT2D eigenvalue weighted by Gasteiger charge is 2.37. The maximum atomic E-state index is 13.1. The fourth-order valence-corrected chi connectivity index (χ4v) is 3.48. The zero-order chi connectivity index (χ0) is 24.1. The van der Waals surface area contributed by atoms with Gasteiger partial charge in [0.15, 0.2) is 11.5 Å². The number of amides is 3. The van der Waals surface area contributed by atoms with Gasteiger partial charge in [-0.2, -0.15) is 0 Å².